The van der Waals surface area contributed by atoms with E-state index in [0.717, 1.165) is 10.9 Å². The van der Waals surface area contributed by atoms with Crippen LogP contribution in [0.1, 0.15) is 5.56 Å². The van der Waals surface area contributed by atoms with Crippen molar-refractivity contribution in [2.24, 2.45) is 0 Å². The lowest BCUT2D eigenvalue weighted by Gasteiger charge is -2.17. The van der Waals surface area contributed by atoms with Gasteiger partial charge in [0.15, 0.2) is 11.4 Å². The minimum atomic E-state index is -0.435. The Morgan fingerprint density at radius 3 is 3.20 bits per heavy atom. The molecule has 0 aliphatic carbocycles. The highest BCUT2D eigenvalue weighted by atomic mass is 16.6. The first-order valence-electron chi connectivity index (χ1n) is 6.21. The van der Waals surface area contributed by atoms with Gasteiger partial charge in [0, 0.05) is 7.11 Å². The molecule has 0 saturated carbocycles. The predicted octanol–water partition coefficient (Wildman–Crippen LogP) is 2.44. The van der Waals surface area contributed by atoms with E-state index in [0.29, 0.717) is 18.0 Å². The Kier molecular flexibility index (Phi) is 3.15. The number of fused-ring (bicyclic) bond motifs is 1. The van der Waals surface area contributed by atoms with E-state index in [-0.39, 0.29) is 12.6 Å². The fourth-order valence-corrected chi connectivity index (χ4v) is 2.28. The molecule has 1 aliphatic rings. The van der Waals surface area contributed by atoms with Crippen molar-refractivity contribution in [3.05, 3.63) is 30.3 Å². The second kappa shape index (κ2) is 4.97. The average molecular weight is 274 g/mol. The lowest BCUT2D eigenvalue weighted by molar-refractivity contribution is 0.156. The van der Waals surface area contributed by atoms with Gasteiger partial charge in [0.2, 0.25) is 0 Å². The molecule has 3 rings (SSSR count). The minimum absolute atomic E-state index is 0.195. The number of carbonyl (C=O) groups is 1. The van der Waals surface area contributed by atoms with E-state index in [1.54, 1.807) is 13.2 Å². The van der Waals surface area contributed by atoms with E-state index in [9.17, 15) is 4.79 Å². The van der Waals surface area contributed by atoms with Gasteiger partial charge in [-0.2, -0.15) is 0 Å². The molecule has 1 atom stereocenters. The summed E-state index contributed by atoms with van der Waals surface area (Å²) in [5.41, 5.74) is 1.53. The van der Waals surface area contributed by atoms with Crippen LogP contribution >= 0.6 is 0 Å². The van der Waals surface area contributed by atoms with Crippen LogP contribution in [-0.2, 0) is 9.47 Å². The van der Waals surface area contributed by atoms with Gasteiger partial charge in [-0.25, -0.2) is 9.69 Å². The lowest BCUT2D eigenvalue weighted by Crippen LogP contribution is -2.37. The molecule has 1 unspecified atom stereocenters. The Labute approximate surface area is 115 Å². The lowest BCUT2D eigenvalue weighted by atomic mass is 10.1. The van der Waals surface area contributed by atoms with Crippen LogP contribution in [0.3, 0.4) is 0 Å². The van der Waals surface area contributed by atoms with Gasteiger partial charge in [-0.3, -0.25) is 0 Å². The molecule has 20 heavy (non-hydrogen) atoms. The summed E-state index contributed by atoms with van der Waals surface area (Å²) in [4.78, 5) is 13.4. The number of anilines is 1. The Morgan fingerprint density at radius 1 is 1.60 bits per heavy atom. The fourth-order valence-electron chi connectivity index (χ4n) is 2.28. The molecule has 2 aromatic rings. The number of rotatable bonds is 4. The summed E-state index contributed by atoms with van der Waals surface area (Å²) in [6, 6.07) is 5.38. The molecule has 0 spiro atoms. The third-order valence-electron chi connectivity index (χ3n) is 3.26. The molecule has 0 radical (unpaired) electrons. The average Bonchev–Trinajstić information content (AvgIpc) is 3.02. The van der Waals surface area contributed by atoms with Crippen molar-refractivity contribution in [1.29, 1.82) is 0 Å². The molecule has 1 fully saturated rings. The number of hydrogen-bond acceptors (Lipinski definition) is 5. The summed E-state index contributed by atoms with van der Waals surface area (Å²) in [7, 11) is 1.58. The highest BCUT2D eigenvalue weighted by Crippen LogP contribution is 2.31. The Balaban J connectivity index is 2.04. The smallest absolute Gasteiger partial charge is 0.416 e. The number of carbonyl (C=O) groups excluding carboxylic acids is 1. The van der Waals surface area contributed by atoms with E-state index in [4.69, 9.17) is 14.0 Å². The molecule has 1 amide bonds. The molecule has 6 nitrogen and oxygen atoms in total. The first-order chi connectivity index (χ1) is 9.74. The van der Waals surface area contributed by atoms with Crippen LogP contribution in [0.15, 0.2) is 29.3 Å². The number of cyclic esters (lactones) is 1. The number of methoxy groups -OCH3 is 1. The molecule has 0 bridgehead atoms. The number of nitrogens with zero attached hydrogens (tertiary/aromatic N) is 2. The summed E-state index contributed by atoms with van der Waals surface area (Å²) in [5.74, 6) is 0.458. The van der Waals surface area contributed by atoms with E-state index in [1.807, 2.05) is 18.2 Å². The molecule has 1 saturated heterocycles. The van der Waals surface area contributed by atoms with Crippen molar-refractivity contribution in [1.82, 2.24) is 5.16 Å². The summed E-state index contributed by atoms with van der Waals surface area (Å²) in [5, 5.41) is 4.76. The van der Waals surface area contributed by atoms with Gasteiger partial charge in [-0.05, 0) is 17.7 Å². The molecule has 1 aromatic heterocycles. The second-order valence-electron chi connectivity index (χ2n) is 4.52. The topological polar surface area (TPSA) is 64.8 Å². The largest absolute Gasteiger partial charge is 0.447 e. The van der Waals surface area contributed by atoms with E-state index < -0.39 is 6.09 Å². The monoisotopic (exact) mass is 274 g/mol. The summed E-state index contributed by atoms with van der Waals surface area (Å²) >= 11 is 0. The van der Waals surface area contributed by atoms with Crippen LogP contribution < -0.4 is 4.90 Å². The van der Waals surface area contributed by atoms with Crippen LogP contribution in [0.5, 0.6) is 0 Å². The van der Waals surface area contributed by atoms with Crippen molar-refractivity contribution in [3.63, 3.8) is 0 Å². The fraction of sp³-hybridized carbons (Fsp3) is 0.286. The predicted molar refractivity (Wildman–Crippen MR) is 73.6 cm³/mol. The van der Waals surface area contributed by atoms with Gasteiger partial charge < -0.3 is 14.0 Å². The van der Waals surface area contributed by atoms with Gasteiger partial charge in [-0.1, -0.05) is 23.9 Å². The molecule has 0 N–H and O–H groups in total. The zero-order valence-electron chi connectivity index (χ0n) is 11.0. The molecule has 1 aromatic carbocycles. The first-order valence-corrected chi connectivity index (χ1v) is 6.21. The van der Waals surface area contributed by atoms with Gasteiger partial charge in [0.25, 0.3) is 0 Å². The quantitative estimate of drug-likeness (QED) is 0.856. The van der Waals surface area contributed by atoms with E-state index >= 15 is 0 Å². The van der Waals surface area contributed by atoms with Gasteiger partial charge in [0.1, 0.15) is 6.61 Å². The van der Waals surface area contributed by atoms with Crippen LogP contribution in [-0.4, -0.2) is 37.6 Å². The van der Waals surface area contributed by atoms with Gasteiger partial charge >= 0.3 is 6.09 Å². The van der Waals surface area contributed by atoms with Gasteiger partial charge in [0.05, 0.1) is 18.0 Å². The zero-order valence-corrected chi connectivity index (χ0v) is 11.0. The second-order valence-corrected chi connectivity index (χ2v) is 4.52. The third kappa shape index (κ3) is 1.94. The Morgan fingerprint density at radius 2 is 2.45 bits per heavy atom. The molecular weight excluding hydrogens is 260 g/mol. The Bertz CT molecular complexity index is 664. The highest BCUT2D eigenvalue weighted by molar-refractivity contribution is 5.99. The maximum atomic E-state index is 11.9. The van der Waals surface area contributed by atoms with Crippen LogP contribution in [0.2, 0.25) is 0 Å². The molecule has 1 aliphatic heterocycles. The maximum absolute atomic E-state index is 11.9. The summed E-state index contributed by atoms with van der Waals surface area (Å²) in [6.45, 7) is 4.37. The van der Waals surface area contributed by atoms with E-state index in [1.165, 1.54) is 4.90 Å². The van der Waals surface area contributed by atoms with Crippen LogP contribution in [0.4, 0.5) is 10.6 Å². The number of aromatic nitrogens is 1. The normalized spacial score (nSPS) is 18.6. The van der Waals surface area contributed by atoms with Gasteiger partial charge in [-0.15, -0.1) is 0 Å². The highest BCUT2D eigenvalue weighted by Gasteiger charge is 2.37. The van der Waals surface area contributed by atoms with Crippen molar-refractivity contribution >= 4 is 29.0 Å². The van der Waals surface area contributed by atoms with Crippen LogP contribution in [0.25, 0.3) is 17.0 Å². The van der Waals surface area contributed by atoms with Crippen molar-refractivity contribution in [2.45, 2.75) is 6.04 Å². The van der Waals surface area contributed by atoms with Crippen molar-refractivity contribution in [3.8, 4) is 0 Å². The standard InChI is InChI=1S/C14H14N2O4/c1-3-9-4-5-11-12(6-9)20-15-13(11)16-10(7-18-2)8-19-14(16)17/h3-6,10H,1,7-8H2,2H3. The maximum Gasteiger partial charge on any atom is 0.416 e. The number of benzene rings is 1. The molecule has 6 heteroatoms. The minimum Gasteiger partial charge on any atom is -0.447 e. The summed E-state index contributed by atoms with van der Waals surface area (Å²) in [6.07, 6.45) is 1.29. The number of hydrogen-bond donors (Lipinski definition) is 0. The molecular formula is C14H14N2O4. The van der Waals surface area contributed by atoms with Crippen molar-refractivity contribution < 1.29 is 18.8 Å². The molecule has 104 valence electrons. The Hall–Kier alpha value is -2.34. The number of amides is 1. The zero-order chi connectivity index (χ0) is 14.1. The third-order valence-corrected chi connectivity index (χ3v) is 3.26. The summed E-state index contributed by atoms with van der Waals surface area (Å²) < 4.78 is 15.5. The van der Waals surface area contributed by atoms with E-state index in [2.05, 4.69) is 11.7 Å². The first kappa shape index (κ1) is 12.7. The number of ether oxygens (including phenoxy) is 2. The SMILES string of the molecule is C=Cc1ccc2c(N3C(=O)OCC3COC)noc2c1. The van der Waals surface area contributed by atoms with Crippen molar-refractivity contribution in [2.75, 3.05) is 25.2 Å². The molecule has 2 heterocycles. The van der Waals surface area contributed by atoms with Crippen LogP contribution in [0, 0.1) is 0 Å².